The van der Waals surface area contributed by atoms with Gasteiger partial charge in [0, 0.05) is 49.5 Å². The van der Waals surface area contributed by atoms with Crippen LogP contribution in [0.25, 0.3) is 10.8 Å². The second-order valence-corrected chi connectivity index (χ2v) is 6.02. The van der Waals surface area contributed by atoms with Crippen LogP contribution < -0.4 is 5.32 Å². The molecule has 21 heavy (non-hydrogen) atoms. The third kappa shape index (κ3) is 3.09. The summed E-state index contributed by atoms with van der Waals surface area (Å²) in [4.78, 5) is 7.06. The van der Waals surface area contributed by atoms with Gasteiger partial charge < -0.3 is 5.32 Å². The van der Waals surface area contributed by atoms with Crippen molar-refractivity contribution in [1.29, 1.82) is 0 Å². The molecule has 3 heteroatoms. The number of benzene rings is 1. The van der Waals surface area contributed by atoms with E-state index >= 15 is 0 Å². The average Bonchev–Trinajstić information content (AvgIpc) is 2.55. The fourth-order valence-electron chi connectivity index (χ4n) is 3.32. The quantitative estimate of drug-likeness (QED) is 0.934. The van der Waals surface area contributed by atoms with E-state index in [9.17, 15) is 0 Å². The molecule has 2 aromatic rings. The first-order chi connectivity index (χ1) is 10.3. The number of pyridine rings is 1. The lowest BCUT2D eigenvalue weighted by atomic mass is 10.0. The molecule has 1 aliphatic heterocycles. The van der Waals surface area contributed by atoms with Gasteiger partial charge in [0.05, 0.1) is 0 Å². The summed E-state index contributed by atoms with van der Waals surface area (Å²) in [6.07, 6.45) is 6.39. The van der Waals surface area contributed by atoms with Gasteiger partial charge in [0.2, 0.25) is 0 Å². The van der Waals surface area contributed by atoms with E-state index in [1.165, 1.54) is 29.2 Å². The first kappa shape index (κ1) is 14.5. The highest BCUT2D eigenvalue weighted by molar-refractivity contribution is 5.84. The Morgan fingerprint density at radius 3 is 2.86 bits per heavy atom. The summed E-state index contributed by atoms with van der Waals surface area (Å²) < 4.78 is 0. The Balaban J connectivity index is 1.85. The van der Waals surface area contributed by atoms with Crippen molar-refractivity contribution in [3.8, 4) is 0 Å². The van der Waals surface area contributed by atoms with E-state index in [1.54, 1.807) is 0 Å². The van der Waals surface area contributed by atoms with E-state index < -0.39 is 0 Å². The van der Waals surface area contributed by atoms with Crippen LogP contribution in [-0.2, 0) is 6.54 Å². The van der Waals surface area contributed by atoms with Crippen molar-refractivity contribution < 1.29 is 0 Å². The van der Waals surface area contributed by atoms with Crippen LogP contribution in [0.1, 0.15) is 32.3 Å². The molecule has 0 amide bonds. The number of piperazine rings is 1. The summed E-state index contributed by atoms with van der Waals surface area (Å²) in [7, 11) is 0. The van der Waals surface area contributed by atoms with Crippen LogP contribution in [0.15, 0.2) is 36.7 Å². The van der Waals surface area contributed by atoms with Crippen LogP contribution in [0.3, 0.4) is 0 Å². The molecule has 0 saturated carbocycles. The standard InChI is InChI=1S/C18H25N3/c1-3-16-13-21(17(4-2)11-20-16)12-15-10-19-9-14-7-5-6-8-18(14)15/h5-10,16-17,20H,3-4,11-13H2,1-2H3. The van der Waals surface area contributed by atoms with Crippen molar-refractivity contribution in [2.45, 2.75) is 45.3 Å². The molecule has 1 saturated heterocycles. The number of hydrogen-bond donors (Lipinski definition) is 1. The lowest BCUT2D eigenvalue weighted by Crippen LogP contribution is -2.55. The Morgan fingerprint density at radius 1 is 1.19 bits per heavy atom. The van der Waals surface area contributed by atoms with Crippen molar-refractivity contribution in [1.82, 2.24) is 15.2 Å². The Labute approximate surface area is 127 Å². The Kier molecular flexibility index (Phi) is 4.51. The number of nitrogens with zero attached hydrogens (tertiary/aromatic N) is 2. The van der Waals surface area contributed by atoms with Gasteiger partial charge in [-0.25, -0.2) is 0 Å². The third-order valence-electron chi connectivity index (χ3n) is 4.70. The molecule has 0 spiro atoms. The molecule has 112 valence electrons. The molecule has 3 nitrogen and oxygen atoms in total. The van der Waals surface area contributed by atoms with Gasteiger partial charge in [0.1, 0.15) is 0 Å². The summed E-state index contributed by atoms with van der Waals surface area (Å²) in [6, 6.07) is 9.82. The van der Waals surface area contributed by atoms with Crippen molar-refractivity contribution in [2.75, 3.05) is 13.1 Å². The molecule has 2 heterocycles. The van der Waals surface area contributed by atoms with Crippen molar-refractivity contribution in [2.24, 2.45) is 0 Å². The first-order valence-electron chi connectivity index (χ1n) is 8.10. The van der Waals surface area contributed by atoms with E-state index in [1.807, 2.05) is 12.4 Å². The van der Waals surface area contributed by atoms with Gasteiger partial charge in [-0.3, -0.25) is 9.88 Å². The van der Waals surface area contributed by atoms with Crippen LogP contribution in [0, 0.1) is 0 Å². The van der Waals surface area contributed by atoms with Crippen LogP contribution >= 0.6 is 0 Å². The number of aromatic nitrogens is 1. The maximum absolute atomic E-state index is 4.43. The number of fused-ring (bicyclic) bond motifs is 1. The molecule has 1 N–H and O–H groups in total. The Morgan fingerprint density at radius 2 is 2.05 bits per heavy atom. The lowest BCUT2D eigenvalue weighted by molar-refractivity contribution is 0.118. The summed E-state index contributed by atoms with van der Waals surface area (Å²) >= 11 is 0. The molecule has 0 bridgehead atoms. The molecule has 3 rings (SSSR count). The fraction of sp³-hybridized carbons (Fsp3) is 0.500. The summed E-state index contributed by atoms with van der Waals surface area (Å²) in [5, 5.41) is 6.25. The molecule has 0 aliphatic carbocycles. The van der Waals surface area contributed by atoms with Crippen LogP contribution in [0.5, 0.6) is 0 Å². The normalized spacial score (nSPS) is 23.5. The van der Waals surface area contributed by atoms with Crippen LogP contribution in [0.2, 0.25) is 0 Å². The predicted octanol–water partition coefficient (Wildman–Crippen LogP) is 3.20. The van der Waals surface area contributed by atoms with E-state index in [0.717, 1.165) is 19.6 Å². The molecular weight excluding hydrogens is 258 g/mol. The predicted molar refractivity (Wildman–Crippen MR) is 88.3 cm³/mol. The molecule has 2 unspecified atom stereocenters. The minimum absolute atomic E-state index is 0.621. The molecule has 1 aliphatic rings. The highest BCUT2D eigenvalue weighted by atomic mass is 15.2. The molecule has 1 fully saturated rings. The van der Waals surface area contributed by atoms with Crippen molar-refractivity contribution in [3.63, 3.8) is 0 Å². The molecule has 1 aromatic carbocycles. The molecule has 1 aromatic heterocycles. The molecule has 0 radical (unpaired) electrons. The number of hydrogen-bond acceptors (Lipinski definition) is 3. The zero-order valence-electron chi connectivity index (χ0n) is 13.0. The van der Waals surface area contributed by atoms with Gasteiger partial charge in [-0.15, -0.1) is 0 Å². The van der Waals surface area contributed by atoms with Gasteiger partial charge in [0.25, 0.3) is 0 Å². The fourth-order valence-corrected chi connectivity index (χ4v) is 3.32. The maximum atomic E-state index is 4.43. The largest absolute Gasteiger partial charge is 0.311 e. The average molecular weight is 283 g/mol. The number of nitrogens with one attached hydrogen (secondary N) is 1. The van der Waals surface area contributed by atoms with Crippen molar-refractivity contribution >= 4 is 10.8 Å². The zero-order chi connectivity index (χ0) is 14.7. The van der Waals surface area contributed by atoms with Crippen LogP contribution in [0.4, 0.5) is 0 Å². The summed E-state index contributed by atoms with van der Waals surface area (Å²) in [6.45, 7) is 7.80. The number of rotatable bonds is 4. The minimum Gasteiger partial charge on any atom is -0.311 e. The second kappa shape index (κ2) is 6.54. The third-order valence-corrected chi connectivity index (χ3v) is 4.70. The maximum Gasteiger partial charge on any atom is 0.0346 e. The zero-order valence-corrected chi connectivity index (χ0v) is 13.0. The molecular formula is C18H25N3. The SMILES string of the molecule is CCC1CN(Cc2cncc3ccccc23)C(CC)CN1. The smallest absolute Gasteiger partial charge is 0.0346 e. The second-order valence-electron chi connectivity index (χ2n) is 6.02. The van der Waals surface area contributed by atoms with Gasteiger partial charge in [0.15, 0.2) is 0 Å². The monoisotopic (exact) mass is 283 g/mol. The van der Waals surface area contributed by atoms with Gasteiger partial charge in [-0.05, 0) is 23.8 Å². The van der Waals surface area contributed by atoms with Crippen molar-refractivity contribution in [3.05, 3.63) is 42.2 Å². The van der Waals surface area contributed by atoms with E-state index in [0.29, 0.717) is 12.1 Å². The lowest BCUT2D eigenvalue weighted by Gasteiger charge is -2.40. The summed E-state index contributed by atoms with van der Waals surface area (Å²) in [5.41, 5.74) is 1.35. The topological polar surface area (TPSA) is 28.2 Å². The Hall–Kier alpha value is -1.45. The van der Waals surface area contributed by atoms with E-state index in [4.69, 9.17) is 0 Å². The van der Waals surface area contributed by atoms with E-state index in [2.05, 4.69) is 53.3 Å². The van der Waals surface area contributed by atoms with Crippen LogP contribution in [-0.4, -0.2) is 35.1 Å². The summed E-state index contributed by atoms with van der Waals surface area (Å²) in [5.74, 6) is 0. The highest BCUT2D eigenvalue weighted by Crippen LogP contribution is 2.21. The van der Waals surface area contributed by atoms with E-state index in [-0.39, 0.29) is 0 Å². The highest BCUT2D eigenvalue weighted by Gasteiger charge is 2.26. The Bertz CT molecular complexity index is 591. The van der Waals surface area contributed by atoms with Gasteiger partial charge in [-0.1, -0.05) is 38.1 Å². The van der Waals surface area contributed by atoms with Gasteiger partial charge >= 0.3 is 0 Å². The first-order valence-corrected chi connectivity index (χ1v) is 8.10. The minimum atomic E-state index is 0.621. The van der Waals surface area contributed by atoms with Gasteiger partial charge in [-0.2, -0.15) is 0 Å². The molecule has 2 atom stereocenters.